The van der Waals surface area contributed by atoms with Crippen molar-refractivity contribution in [1.29, 1.82) is 0 Å². The van der Waals surface area contributed by atoms with Gasteiger partial charge in [0, 0.05) is 24.3 Å². The molecule has 5 nitrogen and oxygen atoms in total. The lowest BCUT2D eigenvalue weighted by Crippen LogP contribution is -2.43. The second kappa shape index (κ2) is 9.39. The maximum absolute atomic E-state index is 6.24. The fraction of sp³-hybridized carbons (Fsp3) is 0.500. The van der Waals surface area contributed by atoms with Crippen LogP contribution < -0.4 is 5.73 Å². The van der Waals surface area contributed by atoms with E-state index in [1.165, 1.54) is 29.7 Å². The van der Waals surface area contributed by atoms with E-state index >= 15 is 0 Å². The minimum absolute atomic E-state index is 0. The Labute approximate surface area is 173 Å². The minimum atomic E-state index is 0. The number of piperidine rings is 1. The van der Waals surface area contributed by atoms with Crippen molar-refractivity contribution in [2.24, 2.45) is 16.6 Å². The molecule has 6 heteroatoms. The van der Waals surface area contributed by atoms with Gasteiger partial charge in [0.1, 0.15) is 0 Å². The van der Waals surface area contributed by atoms with Crippen LogP contribution in [-0.2, 0) is 13.1 Å². The number of aliphatic imine (C=N–C) groups is 1. The Hall–Kier alpha value is -1.57. The Kier molecular flexibility index (Phi) is 7.49. The summed E-state index contributed by atoms with van der Waals surface area (Å²) >= 11 is 0. The lowest BCUT2D eigenvalue weighted by atomic mass is 10.0. The minimum Gasteiger partial charge on any atom is -0.370 e. The molecule has 0 amide bonds. The summed E-state index contributed by atoms with van der Waals surface area (Å²) in [6, 6.07) is 10.4. The second-order valence-corrected chi connectivity index (χ2v) is 7.16. The number of aromatic nitrogens is 2. The molecule has 1 fully saturated rings. The van der Waals surface area contributed by atoms with E-state index in [0.717, 1.165) is 25.3 Å². The summed E-state index contributed by atoms with van der Waals surface area (Å²) in [5, 5.41) is 4.70. The zero-order valence-electron chi connectivity index (χ0n) is 16.0. The average Bonchev–Trinajstić information content (AvgIpc) is 2.87. The number of benzene rings is 1. The van der Waals surface area contributed by atoms with Gasteiger partial charge in [-0.15, -0.1) is 24.0 Å². The highest BCUT2D eigenvalue weighted by Gasteiger charge is 2.18. The Morgan fingerprint density at radius 3 is 2.69 bits per heavy atom. The van der Waals surface area contributed by atoms with Crippen LogP contribution in [0.15, 0.2) is 35.3 Å². The smallest absolute Gasteiger partial charge is 0.191 e. The van der Waals surface area contributed by atoms with Gasteiger partial charge in [-0.05, 0) is 38.2 Å². The zero-order valence-corrected chi connectivity index (χ0v) is 18.3. The molecule has 1 aliphatic heterocycles. The molecule has 1 aromatic heterocycles. The van der Waals surface area contributed by atoms with Gasteiger partial charge in [0.2, 0.25) is 0 Å². The van der Waals surface area contributed by atoms with Crippen LogP contribution in [-0.4, -0.2) is 33.7 Å². The van der Waals surface area contributed by atoms with Gasteiger partial charge in [-0.25, -0.2) is 4.99 Å². The van der Waals surface area contributed by atoms with Crippen molar-refractivity contribution in [2.75, 3.05) is 13.1 Å². The third-order valence-electron chi connectivity index (χ3n) is 5.09. The number of guanidine groups is 1. The van der Waals surface area contributed by atoms with Crippen LogP contribution in [0.2, 0.25) is 0 Å². The van der Waals surface area contributed by atoms with Crippen molar-refractivity contribution >= 4 is 29.9 Å². The molecule has 1 unspecified atom stereocenters. The number of rotatable bonds is 4. The predicted molar refractivity (Wildman–Crippen MR) is 118 cm³/mol. The number of hydrogen-bond acceptors (Lipinski definition) is 2. The Morgan fingerprint density at radius 2 is 2.00 bits per heavy atom. The molecule has 0 bridgehead atoms. The summed E-state index contributed by atoms with van der Waals surface area (Å²) in [6.07, 6.45) is 2.48. The van der Waals surface area contributed by atoms with Crippen molar-refractivity contribution in [3.63, 3.8) is 0 Å². The third-order valence-corrected chi connectivity index (χ3v) is 5.09. The zero-order chi connectivity index (χ0) is 17.8. The summed E-state index contributed by atoms with van der Waals surface area (Å²) < 4.78 is 2.06. The molecule has 0 saturated carbocycles. The summed E-state index contributed by atoms with van der Waals surface area (Å²) in [5.41, 5.74) is 10.9. The lowest BCUT2D eigenvalue weighted by Gasteiger charge is -2.31. The Balaban J connectivity index is 0.00000243. The number of hydrogen-bond donors (Lipinski definition) is 1. The van der Waals surface area contributed by atoms with Gasteiger partial charge in [-0.2, -0.15) is 5.10 Å². The highest BCUT2D eigenvalue weighted by atomic mass is 127. The summed E-state index contributed by atoms with van der Waals surface area (Å²) in [6.45, 7) is 9.87. The van der Waals surface area contributed by atoms with E-state index in [-0.39, 0.29) is 24.0 Å². The van der Waals surface area contributed by atoms with Crippen LogP contribution in [0.5, 0.6) is 0 Å². The van der Waals surface area contributed by atoms with Gasteiger partial charge in [0.05, 0.1) is 18.8 Å². The molecule has 2 aromatic rings. The van der Waals surface area contributed by atoms with Gasteiger partial charge < -0.3 is 10.6 Å². The van der Waals surface area contributed by atoms with Crippen molar-refractivity contribution in [3.05, 3.63) is 52.8 Å². The summed E-state index contributed by atoms with van der Waals surface area (Å²) in [5.74, 6) is 1.36. The second-order valence-electron chi connectivity index (χ2n) is 7.16. The van der Waals surface area contributed by atoms with Crippen LogP contribution in [0.4, 0.5) is 0 Å². The Bertz CT molecular complexity index is 738. The van der Waals surface area contributed by atoms with Gasteiger partial charge in [-0.3, -0.25) is 4.68 Å². The monoisotopic (exact) mass is 467 g/mol. The largest absolute Gasteiger partial charge is 0.370 e. The molecule has 1 aliphatic rings. The first-order chi connectivity index (χ1) is 12.0. The number of likely N-dealkylation sites (tertiary alicyclic amines) is 1. The first kappa shape index (κ1) is 20.7. The molecule has 0 spiro atoms. The number of halogens is 1. The Morgan fingerprint density at radius 1 is 1.27 bits per heavy atom. The third kappa shape index (κ3) is 4.99. The van der Waals surface area contributed by atoms with E-state index in [4.69, 9.17) is 10.8 Å². The van der Waals surface area contributed by atoms with Crippen molar-refractivity contribution in [3.8, 4) is 0 Å². The standard InChI is InChI=1S/C20H29N5.HI/c1-15-8-7-11-24(13-15)20(21)22-12-19-16(2)23-25(17(19)3)14-18-9-5-4-6-10-18;/h4-6,9-10,15H,7-8,11-14H2,1-3H3,(H2,21,22);1H. The fourth-order valence-electron chi connectivity index (χ4n) is 3.53. The van der Waals surface area contributed by atoms with E-state index < -0.39 is 0 Å². The van der Waals surface area contributed by atoms with Crippen LogP contribution >= 0.6 is 24.0 Å². The normalized spacial score (nSPS) is 17.9. The lowest BCUT2D eigenvalue weighted by molar-refractivity contribution is 0.270. The maximum Gasteiger partial charge on any atom is 0.191 e. The maximum atomic E-state index is 6.24. The van der Waals surface area contributed by atoms with E-state index in [1.54, 1.807) is 0 Å². The SMILES string of the molecule is Cc1nn(Cc2ccccc2)c(C)c1CN=C(N)N1CCCC(C)C1.I. The molecule has 2 heterocycles. The molecule has 3 rings (SSSR count). The number of nitrogens with two attached hydrogens (primary N) is 1. The van der Waals surface area contributed by atoms with Gasteiger partial charge in [0.25, 0.3) is 0 Å². The van der Waals surface area contributed by atoms with Crippen LogP contribution in [0.3, 0.4) is 0 Å². The van der Waals surface area contributed by atoms with Crippen molar-refractivity contribution in [2.45, 2.75) is 46.7 Å². The van der Waals surface area contributed by atoms with E-state index in [2.05, 4.69) is 59.6 Å². The molecule has 1 aromatic carbocycles. The summed E-state index contributed by atoms with van der Waals surface area (Å²) in [7, 11) is 0. The van der Waals surface area contributed by atoms with Gasteiger partial charge >= 0.3 is 0 Å². The molecule has 0 aliphatic carbocycles. The molecule has 1 atom stereocenters. The molecule has 2 N–H and O–H groups in total. The molecular weight excluding hydrogens is 437 g/mol. The molecule has 142 valence electrons. The number of aryl methyl sites for hydroxylation is 1. The van der Waals surface area contributed by atoms with Gasteiger partial charge in [0.15, 0.2) is 5.96 Å². The first-order valence-electron chi connectivity index (χ1n) is 9.16. The quantitative estimate of drug-likeness (QED) is 0.424. The highest BCUT2D eigenvalue weighted by Crippen LogP contribution is 2.18. The fourth-order valence-corrected chi connectivity index (χ4v) is 3.53. The first-order valence-corrected chi connectivity index (χ1v) is 9.16. The predicted octanol–water partition coefficient (Wildman–Crippen LogP) is 3.71. The molecule has 1 saturated heterocycles. The van der Waals surface area contributed by atoms with Crippen molar-refractivity contribution in [1.82, 2.24) is 14.7 Å². The van der Waals surface area contributed by atoms with E-state index in [0.29, 0.717) is 18.4 Å². The molecular formula is C20H30IN5. The van der Waals surface area contributed by atoms with Gasteiger partial charge in [-0.1, -0.05) is 37.3 Å². The van der Waals surface area contributed by atoms with Crippen LogP contribution in [0, 0.1) is 19.8 Å². The van der Waals surface area contributed by atoms with Crippen LogP contribution in [0.25, 0.3) is 0 Å². The average molecular weight is 467 g/mol. The molecule has 0 radical (unpaired) electrons. The highest BCUT2D eigenvalue weighted by molar-refractivity contribution is 14.0. The van der Waals surface area contributed by atoms with E-state index in [9.17, 15) is 0 Å². The summed E-state index contributed by atoms with van der Waals surface area (Å²) in [4.78, 5) is 6.88. The number of nitrogens with zero attached hydrogens (tertiary/aromatic N) is 4. The van der Waals surface area contributed by atoms with Crippen molar-refractivity contribution < 1.29 is 0 Å². The molecule has 26 heavy (non-hydrogen) atoms. The topological polar surface area (TPSA) is 59.4 Å². The van der Waals surface area contributed by atoms with Crippen LogP contribution in [0.1, 0.15) is 42.3 Å². The van der Waals surface area contributed by atoms with E-state index in [1.807, 2.05) is 6.07 Å².